The van der Waals surface area contributed by atoms with Crippen molar-refractivity contribution in [2.45, 2.75) is 19.8 Å². The largest absolute Gasteiger partial charge is 0.481 e. The number of rotatable bonds is 3. The summed E-state index contributed by atoms with van der Waals surface area (Å²) in [6, 6.07) is 10.5. The summed E-state index contributed by atoms with van der Waals surface area (Å²) < 4.78 is 0. The van der Waals surface area contributed by atoms with Crippen molar-refractivity contribution in [1.82, 2.24) is 0 Å². The van der Waals surface area contributed by atoms with Gasteiger partial charge in [0.05, 0.1) is 0 Å². The Balaban J connectivity index is 0. The molecule has 0 spiro atoms. The van der Waals surface area contributed by atoms with E-state index in [0.29, 0.717) is 0 Å². The fourth-order valence-electron chi connectivity index (χ4n) is 0.843. The first kappa shape index (κ1) is 17.5. The maximum Gasteiger partial charge on any atom is 0.314 e. The molecule has 96 valence electrons. The molecule has 0 amide bonds. The number of hydrogen-bond acceptors (Lipinski definition) is 4. The number of hydrogen-bond donors (Lipinski definition) is 4. The van der Waals surface area contributed by atoms with Crippen LogP contribution in [-0.4, -0.2) is 32.7 Å². The highest BCUT2D eigenvalue weighted by atomic mass is 17.0. The van der Waals surface area contributed by atoms with Crippen molar-refractivity contribution in [3.63, 3.8) is 0 Å². The van der Waals surface area contributed by atoms with Gasteiger partial charge in [-0.3, -0.25) is 20.1 Å². The molecule has 0 radical (unpaired) electrons. The molecule has 4 N–H and O–H groups in total. The second kappa shape index (κ2) is 12.2. The molecule has 0 heterocycles. The van der Waals surface area contributed by atoms with E-state index in [-0.39, 0.29) is 0 Å². The minimum absolute atomic E-state index is 0.806. The van der Waals surface area contributed by atoms with Crippen molar-refractivity contribution in [1.29, 1.82) is 0 Å². The molecule has 1 aromatic rings. The van der Waals surface area contributed by atoms with Crippen LogP contribution in [0, 0.1) is 0 Å². The third kappa shape index (κ3) is 14.1. The summed E-state index contributed by atoms with van der Waals surface area (Å²) in [5.74, 6) is -2.62. The van der Waals surface area contributed by atoms with Gasteiger partial charge in [-0.2, -0.15) is 0 Å². The summed E-state index contributed by atoms with van der Waals surface area (Å²) in [6.45, 7) is 2.16. The van der Waals surface area contributed by atoms with E-state index in [1.807, 2.05) is 6.07 Å². The molecule has 1 rings (SSSR count). The molecule has 0 aliphatic rings. The Bertz CT molecular complexity index is 297. The monoisotopic (exact) mass is 244 g/mol. The number of carboxylic acid groups (broad SMARTS) is 2. The van der Waals surface area contributed by atoms with Crippen LogP contribution in [0.2, 0.25) is 0 Å². The summed E-state index contributed by atoms with van der Waals surface area (Å²) in [5.41, 5.74) is 1.41. The normalized spacial score (nSPS) is 7.94. The van der Waals surface area contributed by atoms with Crippen LogP contribution in [0.25, 0.3) is 0 Å². The molecule has 0 atom stereocenters. The van der Waals surface area contributed by atoms with Gasteiger partial charge in [-0.25, -0.2) is 0 Å². The van der Waals surface area contributed by atoms with E-state index >= 15 is 0 Å². The molecule has 6 heteroatoms. The first-order valence-corrected chi connectivity index (χ1v) is 4.73. The molecule has 1 aromatic carbocycles. The standard InChI is InChI=1S/C8H10.C3H4O4.H2O2/c1-2-8-6-4-3-5-7-8;4-2(5)1-3(6)7;1-2/h3-7H,2H2,1H3;1H2,(H,4,5)(H,6,7);1-2H. The highest BCUT2D eigenvalue weighted by Crippen LogP contribution is 1.96. The number of aryl methyl sites for hydroxylation is 1. The van der Waals surface area contributed by atoms with E-state index in [2.05, 4.69) is 31.2 Å². The van der Waals surface area contributed by atoms with Crippen molar-refractivity contribution in [3.05, 3.63) is 35.9 Å². The maximum absolute atomic E-state index is 9.43. The van der Waals surface area contributed by atoms with Crippen LogP contribution < -0.4 is 0 Å². The third-order valence-corrected chi connectivity index (χ3v) is 1.55. The van der Waals surface area contributed by atoms with Gasteiger partial charge >= 0.3 is 11.9 Å². The molecule has 0 saturated carbocycles. The van der Waals surface area contributed by atoms with Crippen LogP contribution in [0.15, 0.2) is 30.3 Å². The fourth-order valence-corrected chi connectivity index (χ4v) is 0.843. The zero-order valence-corrected chi connectivity index (χ0v) is 9.41. The van der Waals surface area contributed by atoms with Gasteiger partial charge in [-0.15, -0.1) is 0 Å². The van der Waals surface area contributed by atoms with E-state index in [1.54, 1.807) is 0 Å². The molecule has 0 bridgehead atoms. The number of aliphatic carboxylic acids is 2. The van der Waals surface area contributed by atoms with Crippen molar-refractivity contribution < 1.29 is 30.3 Å². The Morgan fingerprint density at radius 2 is 1.41 bits per heavy atom. The van der Waals surface area contributed by atoms with Gasteiger partial charge in [-0.05, 0) is 12.0 Å². The van der Waals surface area contributed by atoms with Crippen LogP contribution in [0.4, 0.5) is 0 Å². The van der Waals surface area contributed by atoms with Crippen molar-refractivity contribution in [2.75, 3.05) is 0 Å². The molecule has 0 aromatic heterocycles. The summed E-state index contributed by atoms with van der Waals surface area (Å²) in [7, 11) is 0. The Kier molecular flexibility index (Phi) is 12.5. The van der Waals surface area contributed by atoms with Gasteiger partial charge in [0, 0.05) is 0 Å². The molecule has 17 heavy (non-hydrogen) atoms. The van der Waals surface area contributed by atoms with Gasteiger partial charge in [-0.1, -0.05) is 37.3 Å². The molecule has 0 aliphatic heterocycles. The van der Waals surface area contributed by atoms with Gasteiger partial charge in [0.15, 0.2) is 0 Å². The smallest absolute Gasteiger partial charge is 0.314 e. The first-order valence-electron chi connectivity index (χ1n) is 4.73. The van der Waals surface area contributed by atoms with E-state index in [9.17, 15) is 9.59 Å². The fraction of sp³-hybridized carbons (Fsp3) is 0.273. The quantitative estimate of drug-likeness (QED) is 0.366. The Hall–Kier alpha value is -1.92. The third-order valence-electron chi connectivity index (χ3n) is 1.55. The zero-order chi connectivity index (χ0) is 13.7. The average Bonchev–Trinajstić information content (AvgIpc) is 2.32. The van der Waals surface area contributed by atoms with Gasteiger partial charge < -0.3 is 10.2 Å². The minimum atomic E-state index is -1.31. The summed E-state index contributed by atoms with van der Waals surface area (Å²) in [5, 5.41) is 27.4. The summed E-state index contributed by atoms with van der Waals surface area (Å²) >= 11 is 0. The average molecular weight is 244 g/mol. The van der Waals surface area contributed by atoms with Crippen LogP contribution in [-0.2, 0) is 16.0 Å². The van der Waals surface area contributed by atoms with E-state index in [4.69, 9.17) is 20.7 Å². The molecule has 0 saturated heterocycles. The first-order chi connectivity index (χ1) is 8.06. The Labute approximate surface area is 98.7 Å². The van der Waals surface area contributed by atoms with Crippen LogP contribution in [0.5, 0.6) is 0 Å². The Morgan fingerprint density at radius 1 is 1.00 bits per heavy atom. The van der Waals surface area contributed by atoms with Crippen molar-refractivity contribution >= 4 is 11.9 Å². The topological polar surface area (TPSA) is 115 Å². The van der Waals surface area contributed by atoms with Crippen molar-refractivity contribution in [2.24, 2.45) is 0 Å². The summed E-state index contributed by atoms with van der Waals surface area (Å²) in [4.78, 5) is 18.9. The highest BCUT2D eigenvalue weighted by molar-refractivity contribution is 5.88. The van der Waals surface area contributed by atoms with Crippen molar-refractivity contribution in [3.8, 4) is 0 Å². The van der Waals surface area contributed by atoms with E-state index in [0.717, 1.165) is 6.42 Å². The lowest BCUT2D eigenvalue weighted by Gasteiger charge is -1.89. The number of carboxylic acids is 2. The van der Waals surface area contributed by atoms with Crippen LogP contribution >= 0.6 is 0 Å². The lowest BCUT2D eigenvalue weighted by molar-refractivity contribution is -0.176. The lowest BCUT2D eigenvalue weighted by atomic mass is 10.2. The molecule has 0 fully saturated rings. The predicted octanol–water partition coefficient (Wildman–Crippen LogP) is 1.81. The second-order valence-electron chi connectivity index (χ2n) is 2.80. The van der Waals surface area contributed by atoms with Crippen LogP contribution in [0.3, 0.4) is 0 Å². The van der Waals surface area contributed by atoms with Gasteiger partial charge in [0.25, 0.3) is 0 Å². The number of benzene rings is 1. The van der Waals surface area contributed by atoms with Crippen LogP contribution in [0.1, 0.15) is 18.9 Å². The summed E-state index contributed by atoms with van der Waals surface area (Å²) in [6.07, 6.45) is 0.334. The molecule has 0 unspecified atom stereocenters. The molecule has 0 aliphatic carbocycles. The molecular formula is C11H16O6. The van der Waals surface area contributed by atoms with E-state index < -0.39 is 18.4 Å². The zero-order valence-electron chi connectivity index (χ0n) is 9.41. The highest BCUT2D eigenvalue weighted by Gasteiger charge is 2.01. The van der Waals surface area contributed by atoms with E-state index in [1.165, 1.54) is 5.56 Å². The molecule has 6 nitrogen and oxygen atoms in total. The number of carbonyl (C=O) groups is 2. The predicted molar refractivity (Wildman–Crippen MR) is 61.0 cm³/mol. The SMILES string of the molecule is CCc1ccccc1.O=C(O)CC(=O)O.OO. The molecular weight excluding hydrogens is 228 g/mol. The minimum Gasteiger partial charge on any atom is -0.481 e. The second-order valence-corrected chi connectivity index (χ2v) is 2.80. The van der Waals surface area contributed by atoms with Gasteiger partial charge in [0.2, 0.25) is 0 Å². The maximum atomic E-state index is 9.43. The lowest BCUT2D eigenvalue weighted by Crippen LogP contribution is -2.03. The Morgan fingerprint density at radius 3 is 1.59 bits per heavy atom. The van der Waals surface area contributed by atoms with Gasteiger partial charge in [0.1, 0.15) is 6.42 Å².